The summed E-state index contributed by atoms with van der Waals surface area (Å²) in [5.41, 5.74) is 3.28. The molecule has 1 aromatic heterocycles. The summed E-state index contributed by atoms with van der Waals surface area (Å²) in [6.45, 7) is 5.27. The van der Waals surface area contributed by atoms with Crippen molar-refractivity contribution in [2.45, 2.75) is 32.7 Å². The predicted octanol–water partition coefficient (Wildman–Crippen LogP) is 2.33. The number of imidazole rings is 1. The van der Waals surface area contributed by atoms with Gasteiger partial charge in [-0.3, -0.25) is 9.13 Å². The highest BCUT2D eigenvalue weighted by Gasteiger charge is 2.13. The van der Waals surface area contributed by atoms with Crippen LogP contribution in [0.15, 0.2) is 23.0 Å². The van der Waals surface area contributed by atoms with E-state index in [0.29, 0.717) is 6.04 Å². The van der Waals surface area contributed by atoms with Crippen molar-refractivity contribution in [3.8, 4) is 0 Å². The number of aromatic nitrogens is 2. The molecule has 0 aliphatic rings. The molecule has 1 aromatic carbocycles. The molecule has 0 fully saturated rings. The number of hydrogen-bond acceptors (Lipinski definition) is 2. The summed E-state index contributed by atoms with van der Waals surface area (Å²) in [4.78, 5) is 11.9. The van der Waals surface area contributed by atoms with Crippen LogP contribution >= 0.6 is 0 Å². The average molecular weight is 261 g/mol. The zero-order valence-corrected chi connectivity index (χ0v) is 12.2. The van der Waals surface area contributed by atoms with E-state index in [1.54, 1.807) is 9.13 Å². The van der Waals surface area contributed by atoms with Gasteiger partial charge in [0.25, 0.3) is 0 Å². The third-order valence-electron chi connectivity index (χ3n) is 3.73. The van der Waals surface area contributed by atoms with Gasteiger partial charge >= 0.3 is 5.69 Å². The molecular weight excluding hydrogens is 238 g/mol. The van der Waals surface area contributed by atoms with Gasteiger partial charge in [-0.2, -0.15) is 0 Å². The maximum atomic E-state index is 11.9. The molecule has 2 aromatic rings. The second kappa shape index (κ2) is 5.61. The Labute approximate surface area is 114 Å². The quantitative estimate of drug-likeness (QED) is 0.897. The number of aryl methyl sites for hydroxylation is 2. The molecule has 0 spiro atoms. The highest BCUT2D eigenvalue weighted by atomic mass is 16.1. The van der Waals surface area contributed by atoms with Gasteiger partial charge in [-0.05, 0) is 30.7 Å². The standard InChI is InChI=1S/C15H23N3O/c1-5-7-12(16-6-2)11-8-9-13-14(10-11)18(4)15(19)17(13)3/h8-10,12,16H,5-7H2,1-4H3. The van der Waals surface area contributed by atoms with Gasteiger partial charge in [0, 0.05) is 20.1 Å². The largest absolute Gasteiger partial charge is 0.328 e. The Kier molecular flexibility index (Phi) is 4.10. The molecule has 0 radical (unpaired) electrons. The molecule has 0 saturated carbocycles. The van der Waals surface area contributed by atoms with Gasteiger partial charge in [0.2, 0.25) is 0 Å². The van der Waals surface area contributed by atoms with E-state index >= 15 is 0 Å². The zero-order chi connectivity index (χ0) is 14.0. The number of fused-ring (bicyclic) bond motifs is 1. The Bertz CT molecular complexity index is 618. The molecule has 0 aliphatic carbocycles. The summed E-state index contributed by atoms with van der Waals surface area (Å²) in [6.07, 6.45) is 2.25. The molecule has 1 atom stereocenters. The number of nitrogens with one attached hydrogen (secondary N) is 1. The van der Waals surface area contributed by atoms with Crippen LogP contribution in [0.5, 0.6) is 0 Å². The topological polar surface area (TPSA) is 39.0 Å². The average Bonchev–Trinajstić information content (AvgIpc) is 2.63. The molecule has 19 heavy (non-hydrogen) atoms. The van der Waals surface area contributed by atoms with Crippen LogP contribution in [0.2, 0.25) is 0 Å². The lowest BCUT2D eigenvalue weighted by Crippen LogP contribution is -2.20. The van der Waals surface area contributed by atoms with Crippen LogP contribution in [-0.2, 0) is 14.1 Å². The second-order valence-corrected chi connectivity index (χ2v) is 5.05. The van der Waals surface area contributed by atoms with Crippen molar-refractivity contribution in [1.82, 2.24) is 14.5 Å². The van der Waals surface area contributed by atoms with Crippen LogP contribution in [0.25, 0.3) is 11.0 Å². The van der Waals surface area contributed by atoms with Crippen molar-refractivity contribution in [1.29, 1.82) is 0 Å². The molecule has 2 rings (SSSR count). The lowest BCUT2D eigenvalue weighted by molar-refractivity contribution is 0.509. The van der Waals surface area contributed by atoms with Crippen molar-refractivity contribution < 1.29 is 0 Å². The highest BCUT2D eigenvalue weighted by molar-refractivity contribution is 5.77. The van der Waals surface area contributed by atoms with E-state index < -0.39 is 0 Å². The number of nitrogens with zero attached hydrogens (tertiary/aromatic N) is 2. The molecule has 1 unspecified atom stereocenters. The third-order valence-corrected chi connectivity index (χ3v) is 3.73. The van der Waals surface area contributed by atoms with Crippen LogP contribution in [0.4, 0.5) is 0 Å². The summed E-state index contributed by atoms with van der Waals surface area (Å²) < 4.78 is 3.41. The summed E-state index contributed by atoms with van der Waals surface area (Å²) >= 11 is 0. The van der Waals surface area contributed by atoms with Crippen LogP contribution < -0.4 is 11.0 Å². The van der Waals surface area contributed by atoms with Crippen molar-refractivity contribution in [3.63, 3.8) is 0 Å². The smallest absolute Gasteiger partial charge is 0.310 e. The lowest BCUT2D eigenvalue weighted by Gasteiger charge is -2.17. The van der Waals surface area contributed by atoms with Crippen LogP contribution in [-0.4, -0.2) is 15.7 Å². The number of benzene rings is 1. The maximum absolute atomic E-state index is 11.9. The van der Waals surface area contributed by atoms with E-state index in [0.717, 1.165) is 30.4 Å². The molecule has 0 aliphatic heterocycles. The minimum atomic E-state index is 0.0302. The summed E-state index contributed by atoms with van der Waals surface area (Å²) in [5.74, 6) is 0. The molecule has 1 N–H and O–H groups in total. The van der Waals surface area contributed by atoms with Gasteiger partial charge in [0.1, 0.15) is 0 Å². The van der Waals surface area contributed by atoms with Crippen molar-refractivity contribution in [2.75, 3.05) is 6.54 Å². The van der Waals surface area contributed by atoms with E-state index in [4.69, 9.17) is 0 Å². The minimum Gasteiger partial charge on any atom is -0.310 e. The van der Waals surface area contributed by atoms with Gasteiger partial charge in [-0.15, -0.1) is 0 Å². The normalized spacial score (nSPS) is 13.1. The highest BCUT2D eigenvalue weighted by Crippen LogP contribution is 2.22. The zero-order valence-electron chi connectivity index (χ0n) is 12.2. The molecule has 0 saturated heterocycles. The van der Waals surface area contributed by atoms with Gasteiger partial charge in [0.15, 0.2) is 0 Å². The van der Waals surface area contributed by atoms with Crippen LogP contribution in [0, 0.1) is 0 Å². The first-order valence-corrected chi connectivity index (χ1v) is 6.98. The van der Waals surface area contributed by atoms with Crippen molar-refractivity contribution in [2.24, 2.45) is 14.1 Å². The summed E-state index contributed by atoms with van der Waals surface area (Å²) in [7, 11) is 3.65. The molecule has 0 bridgehead atoms. The van der Waals surface area contributed by atoms with Gasteiger partial charge in [0.05, 0.1) is 11.0 Å². The van der Waals surface area contributed by atoms with E-state index in [9.17, 15) is 4.79 Å². The van der Waals surface area contributed by atoms with E-state index in [-0.39, 0.29) is 5.69 Å². The lowest BCUT2D eigenvalue weighted by atomic mass is 10.0. The Balaban J connectivity index is 2.51. The predicted molar refractivity (Wildman–Crippen MR) is 79.5 cm³/mol. The fourth-order valence-corrected chi connectivity index (χ4v) is 2.66. The van der Waals surface area contributed by atoms with Crippen molar-refractivity contribution in [3.05, 3.63) is 34.2 Å². The minimum absolute atomic E-state index is 0.0302. The Morgan fingerprint density at radius 2 is 1.84 bits per heavy atom. The SMILES string of the molecule is CCCC(NCC)c1ccc2c(c1)n(C)c(=O)n2C. The number of rotatable bonds is 5. The fourth-order valence-electron chi connectivity index (χ4n) is 2.66. The Morgan fingerprint density at radius 3 is 2.47 bits per heavy atom. The monoisotopic (exact) mass is 261 g/mol. The van der Waals surface area contributed by atoms with Crippen molar-refractivity contribution >= 4 is 11.0 Å². The molecule has 1 heterocycles. The first-order chi connectivity index (χ1) is 9.10. The van der Waals surface area contributed by atoms with Gasteiger partial charge in [-0.25, -0.2) is 4.79 Å². The first kappa shape index (κ1) is 13.9. The third kappa shape index (κ3) is 2.45. The van der Waals surface area contributed by atoms with Gasteiger partial charge in [-0.1, -0.05) is 26.3 Å². The van der Waals surface area contributed by atoms with Crippen LogP contribution in [0.3, 0.4) is 0 Å². The van der Waals surface area contributed by atoms with E-state index in [1.165, 1.54) is 5.56 Å². The van der Waals surface area contributed by atoms with E-state index in [2.05, 4.69) is 31.3 Å². The summed E-state index contributed by atoms with van der Waals surface area (Å²) in [6, 6.07) is 6.69. The molecule has 4 heteroatoms. The van der Waals surface area contributed by atoms with E-state index in [1.807, 2.05) is 20.2 Å². The second-order valence-electron chi connectivity index (χ2n) is 5.05. The Hall–Kier alpha value is -1.55. The van der Waals surface area contributed by atoms with Crippen LogP contribution in [0.1, 0.15) is 38.3 Å². The van der Waals surface area contributed by atoms with Gasteiger partial charge < -0.3 is 5.32 Å². The molecular formula is C15H23N3O. The Morgan fingerprint density at radius 1 is 1.16 bits per heavy atom. The molecule has 0 amide bonds. The molecule has 104 valence electrons. The molecule has 4 nitrogen and oxygen atoms in total. The summed E-state index contributed by atoms with van der Waals surface area (Å²) in [5, 5.41) is 3.51. The number of hydrogen-bond donors (Lipinski definition) is 1. The maximum Gasteiger partial charge on any atom is 0.328 e. The first-order valence-electron chi connectivity index (χ1n) is 6.98. The fraction of sp³-hybridized carbons (Fsp3) is 0.533.